The number of aromatic nitrogens is 3. The van der Waals surface area contributed by atoms with Crippen LogP contribution in [0, 0.1) is 11.6 Å². The summed E-state index contributed by atoms with van der Waals surface area (Å²) in [4.78, 5) is 7.95. The maximum atomic E-state index is 13.8. The number of fused-ring (bicyclic) bond motifs is 1. The van der Waals surface area contributed by atoms with Gasteiger partial charge in [-0.1, -0.05) is 6.07 Å². The average molecular weight is 246 g/mol. The predicted molar refractivity (Wildman–Crippen MR) is 63.2 cm³/mol. The van der Waals surface area contributed by atoms with E-state index in [1.54, 1.807) is 6.07 Å². The zero-order valence-electron chi connectivity index (χ0n) is 9.14. The second-order valence-corrected chi connectivity index (χ2v) is 3.74. The molecule has 3 aromatic rings. The molecule has 90 valence electrons. The van der Waals surface area contributed by atoms with E-state index in [2.05, 4.69) is 9.97 Å². The Hall–Kier alpha value is -2.50. The van der Waals surface area contributed by atoms with Crippen LogP contribution in [0.15, 0.2) is 36.7 Å². The van der Waals surface area contributed by atoms with E-state index in [9.17, 15) is 8.78 Å². The number of nitrogens with zero attached hydrogens (tertiary/aromatic N) is 3. The lowest BCUT2D eigenvalue weighted by molar-refractivity contribution is 0.505. The number of rotatable bonds is 1. The summed E-state index contributed by atoms with van der Waals surface area (Å²) in [6.07, 6.45) is 3.05. The van der Waals surface area contributed by atoms with Gasteiger partial charge in [0.2, 0.25) is 5.95 Å². The summed E-state index contributed by atoms with van der Waals surface area (Å²) in [6, 6.07) is 5.55. The molecule has 2 N–H and O–H groups in total. The molecule has 0 unspecified atom stereocenters. The quantitative estimate of drug-likeness (QED) is 0.716. The van der Waals surface area contributed by atoms with Crippen LogP contribution in [0.3, 0.4) is 0 Å². The zero-order valence-corrected chi connectivity index (χ0v) is 9.14. The first-order valence-electron chi connectivity index (χ1n) is 5.21. The summed E-state index contributed by atoms with van der Waals surface area (Å²) >= 11 is 0. The number of imidazole rings is 1. The highest BCUT2D eigenvalue weighted by atomic mass is 19.2. The maximum Gasteiger partial charge on any atom is 0.206 e. The van der Waals surface area contributed by atoms with Crippen molar-refractivity contribution in [2.75, 3.05) is 5.73 Å². The van der Waals surface area contributed by atoms with E-state index in [4.69, 9.17) is 5.73 Å². The molecule has 1 aromatic carbocycles. The van der Waals surface area contributed by atoms with Crippen molar-refractivity contribution < 1.29 is 8.78 Å². The molecule has 0 aliphatic heterocycles. The van der Waals surface area contributed by atoms with Crippen LogP contribution in [-0.4, -0.2) is 14.5 Å². The van der Waals surface area contributed by atoms with Gasteiger partial charge in [0.05, 0.1) is 17.4 Å². The molecule has 0 bridgehead atoms. The van der Waals surface area contributed by atoms with Gasteiger partial charge >= 0.3 is 0 Å². The molecule has 0 amide bonds. The monoisotopic (exact) mass is 246 g/mol. The summed E-state index contributed by atoms with van der Waals surface area (Å²) in [5.41, 5.74) is 6.87. The van der Waals surface area contributed by atoms with Crippen LogP contribution in [0.5, 0.6) is 0 Å². The zero-order chi connectivity index (χ0) is 12.7. The van der Waals surface area contributed by atoms with E-state index in [0.29, 0.717) is 11.0 Å². The van der Waals surface area contributed by atoms with Gasteiger partial charge in [-0.3, -0.25) is 9.55 Å². The fourth-order valence-corrected chi connectivity index (χ4v) is 1.87. The third kappa shape index (κ3) is 1.42. The highest BCUT2D eigenvalue weighted by molar-refractivity contribution is 5.79. The molecule has 0 aliphatic rings. The lowest BCUT2D eigenvalue weighted by atomic mass is 10.3. The Bertz CT molecular complexity index is 736. The van der Waals surface area contributed by atoms with Gasteiger partial charge in [-0.15, -0.1) is 0 Å². The van der Waals surface area contributed by atoms with Gasteiger partial charge in [-0.2, -0.15) is 0 Å². The van der Waals surface area contributed by atoms with Crippen molar-refractivity contribution in [1.29, 1.82) is 0 Å². The van der Waals surface area contributed by atoms with E-state index in [1.807, 2.05) is 0 Å². The highest BCUT2D eigenvalue weighted by Crippen LogP contribution is 2.24. The first kappa shape index (κ1) is 10.6. The Labute approximate surface area is 101 Å². The molecule has 6 heteroatoms. The van der Waals surface area contributed by atoms with Gasteiger partial charge < -0.3 is 5.73 Å². The molecule has 3 rings (SSSR count). The van der Waals surface area contributed by atoms with E-state index in [0.717, 1.165) is 6.07 Å². The van der Waals surface area contributed by atoms with Crippen LogP contribution in [0.25, 0.3) is 16.7 Å². The van der Waals surface area contributed by atoms with Crippen molar-refractivity contribution in [3.63, 3.8) is 0 Å². The number of halogens is 2. The maximum absolute atomic E-state index is 13.8. The van der Waals surface area contributed by atoms with Crippen LogP contribution < -0.4 is 5.73 Å². The molecule has 0 radical (unpaired) electrons. The van der Waals surface area contributed by atoms with Crippen LogP contribution in [0.1, 0.15) is 0 Å². The number of pyridine rings is 1. The summed E-state index contributed by atoms with van der Waals surface area (Å²) in [5.74, 6) is -1.80. The second-order valence-electron chi connectivity index (χ2n) is 3.74. The molecule has 0 atom stereocenters. The first-order valence-corrected chi connectivity index (χ1v) is 5.21. The van der Waals surface area contributed by atoms with Crippen LogP contribution in [0.2, 0.25) is 0 Å². The van der Waals surface area contributed by atoms with Gasteiger partial charge in [0.1, 0.15) is 5.52 Å². The fourth-order valence-electron chi connectivity index (χ4n) is 1.87. The van der Waals surface area contributed by atoms with Gasteiger partial charge in [-0.25, -0.2) is 13.8 Å². The fraction of sp³-hybridized carbons (Fsp3) is 0. The van der Waals surface area contributed by atoms with Gasteiger partial charge in [-0.05, 0) is 18.2 Å². The number of nitrogens with two attached hydrogens (primary N) is 1. The van der Waals surface area contributed by atoms with Crippen LogP contribution >= 0.6 is 0 Å². The van der Waals surface area contributed by atoms with Gasteiger partial charge in [0.25, 0.3) is 0 Å². The van der Waals surface area contributed by atoms with E-state index in [1.165, 1.54) is 29.1 Å². The average Bonchev–Trinajstić information content (AvgIpc) is 2.69. The molecule has 2 aromatic heterocycles. The minimum Gasteiger partial charge on any atom is -0.369 e. The molecule has 0 saturated heterocycles. The standard InChI is InChI=1S/C12H8F2N4/c13-7-2-1-3-10(11(7)14)18-9-4-5-16-6-8(9)17-12(18)15/h1-6H,(H2,15,17). The molecule has 4 nitrogen and oxygen atoms in total. The van der Waals surface area contributed by atoms with Crippen molar-refractivity contribution in [3.8, 4) is 5.69 Å². The van der Waals surface area contributed by atoms with E-state index in [-0.39, 0.29) is 11.6 Å². The first-order chi connectivity index (χ1) is 8.68. The van der Waals surface area contributed by atoms with Crippen molar-refractivity contribution in [2.24, 2.45) is 0 Å². The Morgan fingerprint density at radius 1 is 1.17 bits per heavy atom. The lowest BCUT2D eigenvalue weighted by Gasteiger charge is -2.07. The number of anilines is 1. The van der Waals surface area contributed by atoms with Crippen molar-refractivity contribution in [2.45, 2.75) is 0 Å². The molecular weight excluding hydrogens is 238 g/mol. The summed E-state index contributed by atoms with van der Waals surface area (Å²) in [7, 11) is 0. The second kappa shape index (κ2) is 3.76. The molecule has 0 spiro atoms. The summed E-state index contributed by atoms with van der Waals surface area (Å²) in [6.45, 7) is 0. The van der Waals surface area contributed by atoms with Gasteiger partial charge in [0.15, 0.2) is 11.6 Å². The minimum atomic E-state index is -0.958. The van der Waals surface area contributed by atoms with E-state index < -0.39 is 11.6 Å². The Morgan fingerprint density at radius 2 is 2.00 bits per heavy atom. The molecule has 0 saturated carbocycles. The number of nitrogen functional groups attached to an aromatic ring is 1. The summed E-state index contributed by atoms with van der Waals surface area (Å²) in [5, 5.41) is 0. The van der Waals surface area contributed by atoms with Crippen molar-refractivity contribution in [1.82, 2.24) is 14.5 Å². The van der Waals surface area contributed by atoms with Crippen LogP contribution in [0.4, 0.5) is 14.7 Å². The summed E-state index contributed by atoms with van der Waals surface area (Å²) < 4.78 is 28.4. The van der Waals surface area contributed by atoms with Crippen LogP contribution in [-0.2, 0) is 0 Å². The molecule has 2 heterocycles. The Balaban J connectivity index is 2.38. The predicted octanol–water partition coefficient (Wildman–Crippen LogP) is 2.28. The molecule has 0 aliphatic carbocycles. The van der Waals surface area contributed by atoms with Crippen molar-refractivity contribution >= 4 is 17.0 Å². The Morgan fingerprint density at radius 3 is 2.83 bits per heavy atom. The molecule has 18 heavy (non-hydrogen) atoms. The number of hydrogen-bond acceptors (Lipinski definition) is 3. The highest BCUT2D eigenvalue weighted by Gasteiger charge is 2.15. The number of hydrogen-bond donors (Lipinski definition) is 1. The number of benzene rings is 1. The normalized spacial score (nSPS) is 11.0. The minimum absolute atomic E-state index is 0.0289. The topological polar surface area (TPSA) is 56.7 Å². The largest absolute Gasteiger partial charge is 0.369 e. The lowest BCUT2D eigenvalue weighted by Crippen LogP contribution is -2.04. The van der Waals surface area contributed by atoms with Gasteiger partial charge in [0, 0.05) is 6.20 Å². The SMILES string of the molecule is Nc1nc2cnccc2n1-c1cccc(F)c1F. The van der Waals surface area contributed by atoms with E-state index >= 15 is 0 Å². The molecule has 0 fully saturated rings. The third-order valence-electron chi connectivity index (χ3n) is 2.65. The Kier molecular flexibility index (Phi) is 2.22. The third-order valence-corrected chi connectivity index (χ3v) is 2.65. The molecular formula is C12H8F2N4. The smallest absolute Gasteiger partial charge is 0.206 e. The van der Waals surface area contributed by atoms with Crippen molar-refractivity contribution in [3.05, 3.63) is 48.3 Å².